The van der Waals surface area contributed by atoms with E-state index in [0.29, 0.717) is 23.6 Å². The lowest BCUT2D eigenvalue weighted by Gasteiger charge is -2.30. The molecule has 7 nitrogen and oxygen atoms in total. The van der Waals surface area contributed by atoms with Gasteiger partial charge in [0, 0.05) is 37.6 Å². The second-order valence-electron chi connectivity index (χ2n) is 9.83. The Morgan fingerprint density at radius 1 is 1.18 bits per heavy atom. The number of sulfonamides is 1. The van der Waals surface area contributed by atoms with Crippen LogP contribution in [0, 0.1) is 0 Å². The lowest BCUT2D eigenvalue weighted by atomic mass is 9.87. The number of aryl methyl sites for hydroxylation is 2. The van der Waals surface area contributed by atoms with Gasteiger partial charge >= 0.3 is 0 Å². The van der Waals surface area contributed by atoms with Crippen molar-refractivity contribution in [3.63, 3.8) is 0 Å². The van der Waals surface area contributed by atoms with E-state index < -0.39 is 10.0 Å². The van der Waals surface area contributed by atoms with Gasteiger partial charge in [0.05, 0.1) is 6.54 Å². The number of fused-ring (bicyclic) bond motifs is 1. The summed E-state index contributed by atoms with van der Waals surface area (Å²) in [6.45, 7) is 2.39. The first-order chi connectivity index (χ1) is 18.3. The number of carbonyl (C=O) groups excluding carboxylic acids is 1. The first-order valence-corrected chi connectivity index (χ1v) is 15.2. The Bertz CT molecular complexity index is 1500. The molecule has 2 heterocycles. The average molecular weight is 549 g/mol. The van der Waals surface area contributed by atoms with E-state index in [9.17, 15) is 13.2 Å². The van der Waals surface area contributed by atoms with Gasteiger partial charge in [0.1, 0.15) is 10.0 Å². The summed E-state index contributed by atoms with van der Waals surface area (Å²) < 4.78 is 31.2. The molecule has 2 atom stereocenters. The summed E-state index contributed by atoms with van der Waals surface area (Å²) in [4.78, 5) is 20.0. The van der Waals surface area contributed by atoms with Gasteiger partial charge in [-0.2, -0.15) is 0 Å². The largest absolute Gasteiger partial charge is 0.337 e. The van der Waals surface area contributed by atoms with Crippen LogP contribution in [0.25, 0.3) is 0 Å². The number of rotatable bonds is 9. The van der Waals surface area contributed by atoms with Crippen molar-refractivity contribution in [2.75, 3.05) is 4.90 Å². The van der Waals surface area contributed by atoms with Gasteiger partial charge in [-0.05, 0) is 65.4 Å². The van der Waals surface area contributed by atoms with Crippen molar-refractivity contribution in [2.24, 2.45) is 7.05 Å². The molecule has 0 bridgehead atoms. The van der Waals surface area contributed by atoms with E-state index in [2.05, 4.69) is 16.6 Å². The fraction of sp³-hybridized carbons (Fsp3) is 0.310. The number of hydrogen-bond acceptors (Lipinski definition) is 5. The Morgan fingerprint density at radius 2 is 2.00 bits per heavy atom. The minimum atomic E-state index is -3.63. The molecule has 1 aliphatic carbocycles. The highest BCUT2D eigenvalue weighted by molar-refractivity contribution is 7.91. The molecule has 1 amide bonds. The molecule has 1 aliphatic rings. The maximum absolute atomic E-state index is 13.8. The molecule has 0 spiro atoms. The molecule has 5 rings (SSSR count). The first kappa shape index (κ1) is 26.3. The summed E-state index contributed by atoms with van der Waals surface area (Å²) in [5.74, 6) is 0.824. The molecule has 2 aromatic heterocycles. The molecule has 0 aliphatic heterocycles. The van der Waals surface area contributed by atoms with Gasteiger partial charge in [0.2, 0.25) is 5.91 Å². The van der Waals surface area contributed by atoms with Gasteiger partial charge in [-0.15, -0.1) is 11.3 Å². The van der Waals surface area contributed by atoms with Crippen molar-refractivity contribution in [1.82, 2.24) is 14.3 Å². The van der Waals surface area contributed by atoms with Crippen LogP contribution in [0.2, 0.25) is 0 Å². The van der Waals surface area contributed by atoms with E-state index in [4.69, 9.17) is 0 Å². The lowest BCUT2D eigenvalue weighted by Crippen LogP contribution is -2.34. The summed E-state index contributed by atoms with van der Waals surface area (Å²) in [5, 5.41) is 1.76. The highest BCUT2D eigenvalue weighted by Gasteiger charge is 2.28. The van der Waals surface area contributed by atoms with Gasteiger partial charge < -0.3 is 9.47 Å². The highest BCUT2D eigenvalue weighted by atomic mass is 32.2. The Morgan fingerprint density at radius 3 is 2.71 bits per heavy atom. The fourth-order valence-electron chi connectivity index (χ4n) is 5.02. The normalized spacial score (nSPS) is 16.1. The molecule has 2 aromatic carbocycles. The average Bonchev–Trinajstić information content (AvgIpc) is 3.60. The van der Waals surface area contributed by atoms with Crippen LogP contribution >= 0.6 is 11.3 Å². The fourth-order valence-corrected chi connectivity index (χ4v) is 7.28. The van der Waals surface area contributed by atoms with Crippen LogP contribution in [-0.2, 0) is 34.8 Å². The van der Waals surface area contributed by atoms with Crippen molar-refractivity contribution in [3.05, 3.63) is 101 Å². The summed E-state index contributed by atoms with van der Waals surface area (Å²) in [5.41, 5.74) is 3.91. The molecule has 1 N–H and O–H groups in total. The Balaban J connectivity index is 1.46. The van der Waals surface area contributed by atoms with Crippen LogP contribution in [0.15, 0.2) is 82.6 Å². The van der Waals surface area contributed by atoms with Gasteiger partial charge in [0.15, 0.2) is 0 Å². The molecule has 9 heteroatoms. The first-order valence-electron chi connectivity index (χ1n) is 12.8. The monoisotopic (exact) mass is 548 g/mol. The van der Waals surface area contributed by atoms with Crippen LogP contribution < -0.4 is 9.62 Å². The SMILES string of the molecule is C[C@H](CC(=O)N(Cc1nccn1C)c1ccc2c(c1)[C@@H](NS(=O)(=O)c1cccs1)CCC2)c1ccccc1. The zero-order valence-corrected chi connectivity index (χ0v) is 23.2. The van der Waals surface area contributed by atoms with Gasteiger partial charge in [-0.25, -0.2) is 18.1 Å². The molecular formula is C29H32N4O3S2. The molecule has 0 fully saturated rings. The maximum Gasteiger partial charge on any atom is 0.250 e. The number of nitrogens with one attached hydrogen (secondary N) is 1. The molecule has 0 unspecified atom stereocenters. The van der Waals surface area contributed by atoms with E-state index in [1.807, 2.05) is 66.3 Å². The number of hydrogen-bond donors (Lipinski definition) is 1. The van der Waals surface area contributed by atoms with E-state index >= 15 is 0 Å². The third kappa shape index (κ3) is 5.75. The minimum Gasteiger partial charge on any atom is -0.337 e. The standard InChI is InChI=1S/C29H32N4O3S2/c1-21(22-8-4-3-5-9-22)18-28(34)33(20-27-30-15-16-32(27)2)24-14-13-23-10-6-11-26(25(23)19-24)31-38(35,36)29-12-7-17-37-29/h3-5,7-9,12-17,19,21,26,31H,6,10-11,18,20H2,1-2H3/t21-,26+/m1/s1. The number of thiophene rings is 1. The Labute approximate surface area is 228 Å². The Hall–Kier alpha value is -3.27. The number of imidazole rings is 1. The molecule has 198 valence electrons. The van der Waals surface area contributed by atoms with Crippen molar-refractivity contribution >= 4 is 33.0 Å². The van der Waals surface area contributed by atoms with E-state index in [1.54, 1.807) is 28.6 Å². The van der Waals surface area contributed by atoms with E-state index in [1.165, 1.54) is 11.3 Å². The third-order valence-electron chi connectivity index (χ3n) is 7.18. The number of carbonyl (C=O) groups is 1. The van der Waals surface area contributed by atoms with E-state index in [-0.39, 0.29) is 17.9 Å². The van der Waals surface area contributed by atoms with Crippen molar-refractivity contribution in [3.8, 4) is 0 Å². The summed E-state index contributed by atoms with van der Waals surface area (Å²) in [7, 11) is -1.71. The number of nitrogens with zero attached hydrogens (tertiary/aromatic N) is 3. The zero-order chi connectivity index (χ0) is 26.7. The minimum absolute atomic E-state index is 0.00386. The lowest BCUT2D eigenvalue weighted by molar-refractivity contribution is -0.119. The van der Waals surface area contributed by atoms with Gasteiger partial charge in [-0.1, -0.05) is 49.4 Å². The van der Waals surface area contributed by atoms with Gasteiger partial charge in [-0.3, -0.25) is 4.79 Å². The van der Waals surface area contributed by atoms with Crippen LogP contribution in [-0.4, -0.2) is 23.9 Å². The maximum atomic E-state index is 13.8. The summed E-state index contributed by atoms with van der Waals surface area (Å²) >= 11 is 1.21. The predicted molar refractivity (Wildman–Crippen MR) is 151 cm³/mol. The highest BCUT2D eigenvalue weighted by Crippen LogP contribution is 2.35. The summed E-state index contributed by atoms with van der Waals surface area (Å²) in [6.07, 6.45) is 6.43. The molecule has 0 saturated heterocycles. The smallest absolute Gasteiger partial charge is 0.250 e. The number of anilines is 1. The van der Waals surface area contributed by atoms with Gasteiger partial charge in [0.25, 0.3) is 10.0 Å². The van der Waals surface area contributed by atoms with Crippen LogP contribution in [0.4, 0.5) is 5.69 Å². The quantitative estimate of drug-likeness (QED) is 0.297. The van der Waals surface area contributed by atoms with Crippen molar-refractivity contribution in [2.45, 2.75) is 55.3 Å². The molecule has 4 aromatic rings. The molecular weight excluding hydrogens is 516 g/mol. The Kier molecular flexibility index (Phi) is 7.78. The van der Waals surface area contributed by atoms with Crippen LogP contribution in [0.5, 0.6) is 0 Å². The second kappa shape index (κ2) is 11.2. The van der Waals surface area contributed by atoms with Crippen LogP contribution in [0.1, 0.15) is 60.7 Å². The predicted octanol–water partition coefficient (Wildman–Crippen LogP) is 5.56. The number of amides is 1. The number of benzene rings is 2. The third-order valence-corrected chi connectivity index (χ3v) is 10.1. The molecule has 0 radical (unpaired) electrons. The zero-order valence-electron chi connectivity index (χ0n) is 21.6. The van der Waals surface area contributed by atoms with Crippen molar-refractivity contribution < 1.29 is 13.2 Å². The van der Waals surface area contributed by atoms with Crippen molar-refractivity contribution in [1.29, 1.82) is 0 Å². The topological polar surface area (TPSA) is 84.3 Å². The van der Waals surface area contributed by atoms with E-state index in [0.717, 1.165) is 41.0 Å². The van der Waals surface area contributed by atoms with Crippen LogP contribution in [0.3, 0.4) is 0 Å². The second-order valence-corrected chi connectivity index (χ2v) is 12.7. The number of aromatic nitrogens is 2. The molecule has 38 heavy (non-hydrogen) atoms. The molecule has 0 saturated carbocycles. The summed E-state index contributed by atoms with van der Waals surface area (Å²) in [6, 6.07) is 19.1.